The van der Waals surface area contributed by atoms with Gasteiger partial charge in [-0.25, -0.2) is 4.79 Å². The summed E-state index contributed by atoms with van der Waals surface area (Å²) in [7, 11) is 1.79. The number of hydrogen-bond donors (Lipinski definition) is 1. The zero-order chi connectivity index (χ0) is 11.4. The van der Waals surface area contributed by atoms with Gasteiger partial charge in [-0.3, -0.25) is 0 Å². The average Bonchev–Trinajstić information content (AvgIpc) is 2.54. The molecule has 1 aromatic heterocycles. The molecule has 0 aliphatic rings. The molecule has 0 radical (unpaired) electrons. The number of hydrogen-bond acceptors (Lipinski definition) is 2. The van der Waals surface area contributed by atoms with Gasteiger partial charge in [0, 0.05) is 23.3 Å². The van der Waals surface area contributed by atoms with Crippen molar-refractivity contribution in [2.75, 3.05) is 13.6 Å². The first kappa shape index (κ1) is 12.0. The highest BCUT2D eigenvalue weighted by Crippen LogP contribution is 2.20. The minimum atomic E-state index is -0.0128. The van der Waals surface area contributed by atoms with Crippen LogP contribution in [0.2, 0.25) is 0 Å². The Bertz CT molecular complexity index is 327. The van der Waals surface area contributed by atoms with Crippen molar-refractivity contribution < 1.29 is 4.79 Å². The van der Waals surface area contributed by atoms with Crippen LogP contribution < -0.4 is 5.32 Å². The van der Waals surface area contributed by atoms with Gasteiger partial charge in [-0.2, -0.15) is 0 Å². The summed E-state index contributed by atoms with van der Waals surface area (Å²) in [5.74, 6) is 0. The molecule has 0 aromatic carbocycles. The standard InChI is InChI=1S/C11H18N2OS/c1-5-13(4)11(14)12-7-10-6-8(2)9(3)15-10/h6H,5,7H2,1-4H3,(H,12,14). The summed E-state index contributed by atoms with van der Waals surface area (Å²) in [6.07, 6.45) is 0. The molecule has 1 heterocycles. The van der Waals surface area contributed by atoms with E-state index in [9.17, 15) is 4.79 Å². The summed E-state index contributed by atoms with van der Waals surface area (Å²) in [6.45, 7) is 7.51. The maximum atomic E-state index is 11.5. The Morgan fingerprint density at radius 1 is 1.53 bits per heavy atom. The number of nitrogens with zero attached hydrogens (tertiary/aromatic N) is 1. The third-order valence-corrected chi connectivity index (χ3v) is 3.60. The molecule has 3 nitrogen and oxygen atoms in total. The first-order valence-corrected chi connectivity index (χ1v) is 5.91. The maximum absolute atomic E-state index is 11.5. The molecule has 1 N–H and O–H groups in total. The Hall–Kier alpha value is -1.03. The first-order chi connectivity index (χ1) is 7.04. The van der Waals surface area contributed by atoms with Gasteiger partial charge in [0.05, 0.1) is 6.54 Å². The lowest BCUT2D eigenvalue weighted by atomic mass is 10.3. The maximum Gasteiger partial charge on any atom is 0.317 e. The van der Waals surface area contributed by atoms with Gasteiger partial charge in [0.25, 0.3) is 0 Å². The topological polar surface area (TPSA) is 32.3 Å². The molecule has 4 heteroatoms. The molecule has 84 valence electrons. The molecule has 0 aliphatic carbocycles. The SMILES string of the molecule is CCN(C)C(=O)NCc1cc(C)c(C)s1. The Morgan fingerprint density at radius 3 is 2.67 bits per heavy atom. The molecule has 0 aliphatic heterocycles. The van der Waals surface area contributed by atoms with Gasteiger partial charge in [0.15, 0.2) is 0 Å². The van der Waals surface area contributed by atoms with Gasteiger partial charge in [-0.05, 0) is 32.4 Å². The highest BCUT2D eigenvalue weighted by atomic mass is 32.1. The van der Waals surface area contributed by atoms with Crippen LogP contribution in [-0.4, -0.2) is 24.5 Å². The van der Waals surface area contributed by atoms with Crippen LogP contribution in [0, 0.1) is 13.8 Å². The lowest BCUT2D eigenvalue weighted by Gasteiger charge is -2.14. The lowest BCUT2D eigenvalue weighted by Crippen LogP contribution is -2.36. The van der Waals surface area contributed by atoms with E-state index in [0.29, 0.717) is 6.54 Å². The van der Waals surface area contributed by atoms with Crippen molar-refractivity contribution in [1.82, 2.24) is 10.2 Å². The molecule has 0 spiro atoms. The van der Waals surface area contributed by atoms with Crippen molar-refractivity contribution in [3.05, 3.63) is 21.4 Å². The molecule has 0 saturated carbocycles. The van der Waals surface area contributed by atoms with Crippen LogP contribution in [0.1, 0.15) is 22.2 Å². The smallest absolute Gasteiger partial charge is 0.317 e. The van der Waals surface area contributed by atoms with Gasteiger partial charge >= 0.3 is 6.03 Å². The van der Waals surface area contributed by atoms with Crippen LogP contribution in [-0.2, 0) is 6.54 Å². The molecule has 2 amide bonds. The van der Waals surface area contributed by atoms with Crippen molar-refractivity contribution in [3.8, 4) is 0 Å². The monoisotopic (exact) mass is 226 g/mol. The Kier molecular flexibility index (Phi) is 4.15. The lowest BCUT2D eigenvalue weighted by molar-refractivity contribution is 0.210. The van der Waals surface area contributed by atoms with Crippen LogP contribution in [0.25, 0.3) is 0 Å². The number of thiophene rings is 1. The number of carbonyl (C=O) groups is 1. The van der Waals surface area contributed by atoms with Gasteiger partial charge in [-0.15, -0.1) is 11.3 Å². The summed E-state index contributed by atoms with van der Waals surface area (Å²) in [5, 5.41) is 2.89. The number of rotatable bonds is 3. The van der Waals surface area contributed by atoms with Gasteiger partial charge in [-0.1, -0.05) is 0 Å². The number of urea groups is 1. The summed E-state index contributed by atoms with van der Waals surface area (Å²) < 4.78 is 0. The van der Waals surface area contributed by atoms with Crippen molar-refractivity contribution >= 4 is 17.4 Å². The van der Waals surface area contributed by atoms with Crippen molar-refractivity contribution in [2.24, 2.45) is 0 Å². The van der Waals surface area contributed by atoms with Crippen LogP contribution in [0.3, 0.4) is 0 Å². The zero-order valence-corrected chi connectivity index (χ0v) is 10.6. The van der Waals surface area contributed by atoms with E-state index in [0.717, 1.165) is 6.54 Å². The van der Waals surface area contributed by atoms with Crippen molar-refractivity contribution in [3.63, 3.8) is 0 Å². The fourth-order valence-corrected chi connectivity index (χ4v) is 2.17. The van der Waals surface area contributed by atoms with Crippen molar-refractivity contribution in [2.45, 2.75) is 27.3 Å². The number of aryl methyl sites for hydroxylation is 2. The predicted octanol–water partition coefficient (Wildman–Crippen LogP) is 2.53. The van der Waals surface area contributed by atoms with E-state index in [4.69, 9.17) is 0 Å². The van der Waals surface area contributed by atoms with Crippen LogP contribution in [0.15, 0.2) is 6.07 Å². The fraction of sp³-hybridized carbons (Fsp3) is 0.545. The third kappa shape index (κ3) is 3.23. The molecular formula is C11H18N2OS. The molecule has 1 aromatic rings. The number of amides is 2. The quantitative estimate of drug-likeness (QED) is 0.844. The largest absolute Gasteiger partial charge is 0.333 e. The number of nitrogens with one attached hydrogen (secondary N) is 1. The van der Waals surface area contributed by atoms with E-state index in [1.807, 2.05) is 6.92 Å². The van der Waals surface area contributed by atoms with E-state index >= 15 is 0 Å². The molecule has 0 unspecified atom stereocenters. The normalized spacial score (nSPS) is 10.1. The van der Waals surface area contributed by atoms with Crippen LogP contribution in [0.5, 0.6) is 0 Å². The van der Waals surface area contributed by atoms with Crippen LogP contribution in [0.4, 0.5) is 4.79 Å². The second-order valence-corrected chi connectivity index (χ2v) is 4.97. The second-order valence-electron chi connectivity index (χ2n) is 3.62. The van der Waals surface area contributed by atoms with Gasteiger partial charge in [0.2, 0.25) is 0 Å². The summed E-state index contributed by atoms with van der Waals surface area (Å²) in [4.78, 5) is 15.7. The Labute approximate surface area is 95.1 Å². The highest BCUT2D eigenvalue weighted by Gasteiger charge is 2.06. The molecule has 0 atom stereocenters. The summed E-state index contributed by atoms with van der Waals surface area (Å²) in [5.41, 5.74) is 1.30. The molecular weight excluding hydrogens is 208 g/mol. The first-order valence-electron chi connectivity index (χ1n) is 5.09. The minimum Gasteiger partial charge on any atom is -0.333 e. The van der Waals surface area contributed by atoms with E-state index < -0.39 is 0 Å². The van der Waals surface area contributed by atoms with Gasteiger partial charge < -0.3 is 10.2 Å². The predicted molar refractivity (Wildman–Crippen MR) is 64.3 cm³/mol. The zero-order valence-electron chi connectivity index (χ0n) is 9.76. The molecule has 1 rings (SSSR count). The van der Waals surface area contributed by atoms with Crippen LogP contribution >= 0.6 is 11.3 Å². The fourth-order valence-electron chi connectivity index (χ4n) is 1.18. The molecule has 0 saturated heterocycles. The Morgan fingerprint density at radius 2 is 2.20 bits per heavy atom. The average molecular weight is 226 g/mol. The minimum absolute atomic E-state index is 0.0128. The van der Waals surface area contributed by atoms with E-state index in [1.54, 1.807) is 23.3 Å². The third-order valence-electron chi connectivity index (χ3n) is 2.45. The molecule has 15 heavy (non-hydrogen) atoms. The highest BCUT2D eigenvalue weighted by molar-refractivity contribution is 7.12. The molecule has 0 fully saturated rings. The Balaban J connectivity index is 2.47. The molecule has 0 bridgehead atoms. The van der Waals surface area contributed by atoms with E-state index in [1.165, 1.54) is 15.3 Å². The summed E-state index contributed by atoms with van der Waals surface area (Å²) >= 11 is 1.74. The van der Waals surface area contributed by atoms with E-state index in [2.05, 4.69) is 25.2 Å². The van der Waals surface area contributed by atoms with Gasteiger partial charge in [0.1, 0.15) is 0 Å². The number of carbonyl (C=O) groups excluding carboxylic acids is 1. The second kappa shape index (κ2) is 5.16. The van der Waals surface area contributed by atoms with Crippen molar-refractivity contribution in [1.29, 1.82) is 0 Å². The summed E-state index contributed by atoms with van der Waals surface area (Å²) in [6, 6.07) is 2.12. The van der Waals surface area contributed by atoms with E-state index in [-0.39, 0.29) is 6.03 Å².